The zero-order valence-electron chi connectivity index (χ0n) is 7.90. The standard InChI is InChI=1S/C10H12O.I2/c1-7-4-10(6-11)5-8(2)9(7)3;1-2/h4-6H,1-3H3;. The van der Waals surface area contributed by atoms with Crippen LogP contribution in [0.2, 0.25) is 0 Å². The topological polar surface area (TPSA) is 17.1 Å². The summed E-state index contributed by atoms with van der Waals surface area (Å²) >= 11 is 4.24. The molecule has 0 fully saturated rings. The zero-order valence-corrected chi connectivity index (χ0v) is 12.2. The Hall–Kier alpha value is 0.350. The number of hydrogen-bond donors (Lipinski definition) is 0. The van der Waals surface area contributed by atoms with Crippen LogP contribution in [0.4, 0.5) is 0 Å². The van der Waals surface area contributed by atoms with Gasteiger partial charge in [-0.15, -0.1) is 0 Å². The maximum Gasteiger partial charge on any atom is 0.150 e. The van der Waals surface area contributed by atoms with Crippen molar-refractivity contribution in [3.8, 4) is 0 Å². The molecule has 0 atom stereocenters. The number of aryl methyl sites for hydroxylation is 2. The first-order valence-corrected chi connectivity index (χ1v) is 10.1. The van der Waals surface area contributed by atoms with Crippen molar-refractivity contribution in [2.45, 2.75) is 20.8 Å². The van der Waals surface area contributed by atoms with Crippen LogP contribution < -0.4 is 0 Å². The summed E-state index contributed by atoms with van der Waals surface area (Å²) in [6, 6.07) is 3.82. The highest BCUT2D eigenvalue weighted by atomic mass is 128. The van der Waals surface area contributed by atoms with Gasteiger partial charge in [-0.1, -0.05) is 0 Å². The molecule has 0 unspecified atom stereocenters. The summed E-state index contributed by atoms with van der Waals surface area (Å²) in [6.45, 7) is 6.11. The summed E-state index contributed by atoms with van der Waals surface area (Å²) in [4.78, 5) is 10.4. The van der Waals surface area contributed by atoms with Gasteiger partial charge in [0.2, 0.25) is 0 Å². The second kappa shape index (κ2) is 6.75. The molecule has 0 aliphatic carbocycles. The fraction of sp³-hybridized carbons (Fsp3) is 0.300. The Morgan fingerprint density at radius 3 is 1.77 bits per heavy atom. The molecule has 0 aliphatic heterocycles. The molecule has 0 radical (unpaired) electrons. The summed E-state index contributed by atoms with van der Waals surface area (Å²) in [7, 11) is 0. The summed E-state index contributed by atoms with van der Waals surface area (Å²) in [5, 5.41) is 0. The smallest absolute Gasteiger partial charge is 0.150 e. The van der Waals surface area contributed by atoms with Crippen molar-refractivity contribution < 1.29 is 4.79 Å². The van der Waals surface area contributed by atoms with Gasteiger partial charge in [-0.2, -0.15) is 0 Å². The lowest BCUT2D eigenvalue weighted by molar-refractivity contribution is 0.112. The summed E-state index contributed by atoms with van der Waals surface area (Å²) in [5.74, 6) is 0. The molecule has 0 spiro atoms. The van der Waals surface area contributed by atoms with Gasteiger partial charge in [0.05, 0.1) is 0 Å². The Kier molecular flexibility index (Phi) is 6.93. The second-order valence-corrected chi connectivity index (χ2v) is 2.90. The van der Waals surface area contributed by atoms with Gasteiger partial charge in [0.15, 0.2) is 0 Å². The highest BCUT2D eigenvalue weighted by molar-refractivity contribution is 15.0. The van der Waals surface area contributed by atoms with E-state index in [1.165, 1.54) is 16.7 Å². The third-order valence-corrected chi connectivity index (χ3v) is 2.09. The molecule has 0 heterocycles. The van der Waals surface area contributed by atoms with E-state index in [2.05, 4.69) is 44.2 Å². The summed E-state index contributed by atoms with van der Waals surface area (Å²) in [6.07, 6.45) is 0.888. The molecule has 0 amide bonds. The van der Waals surface area contributed by atoms with Gasteiger partial charge in [-0.25, -0.2) is 0 Å². The summed E-state index contributed by atoms with van der Waals surface area (Å²) < 4.78 is 0. The van der Waals surface area contributed by atoms with E-state index in [4.69, 9.17) is 0 Å². The van der Waals surface area contributed by atoms with Crippen molar-refractivity contribution >= 4 is 43.5 Å². The van der Waals surface area contributed by atoms with Gasteiger partial charge in [0.1, 0.15) is 6.29 Å². The number of aldehydes is 1. The minimum atomic E-state index is 0.769. The van der Waals surface area contributed by atoms with E-state index >= 15 is 0 Å². The Labute approximate surface area is 103 Å². The molecule has 1 rings (SSSR count). The number of carbonyl (C=O) groups is 1. The molecular formula is C10H12I2O. The van der Waals surface area contributed by atoms with Gasteiger partial charge in [0, 0.05) is 42.8 Å². The third kappa shape index (κ3) is 3.93. The monoisotopic (exact) mass is 402 g/mol. The van der Waals surface area contributed by atoms with Crippen LogP contribution in [0.3, 0.4) is 0 Å². The lowest BCUT2D eigenvalue weighted by Crippen LogP contribution is -1.89. The van der Waals surface area contributed by atoms with E-state index in [0.717, 1.165) is 11.8 Å². The maximum atomic E-state index is 10.4. The van der Waals surface area contributed by atoms with E-state index in [1.54, 1.807) is 0 Å². The van der Waals surface area contributed by atoms with Crippen LogP contribution in [0.25, 0.3) is 0 Å². The molecule has 0 bridgehead atoms. The largest absolute Gasteiger partial charge is 0.298 e. The van der Waals surface area contributed by atoms with Gasteiger partial charge >= 0.3 is 0 Å². The first-order valence-electron chi connectivity index (χ1n) is 3.82. The highest BCUT2D eigenvalue weighted by Crippen LogP contribution is 2.13. The van der Waals surface area contributed by atoms with Crippen LogP contribution in [-0.4, -0.2) is 6.29 Å². The number of benzene rings is 1. The lowest BCUT2D eigenvalue weighted by atomic mass is 10.0. The van der Waals surface area contributed by atoms with E-state index in [-0.39, 0.29) is 0 Å². The molecule has 1 nitrogen and oxygen atoms in total. The SMILES string of the molecule is Cc1cc(C=O)cc(C)c1C.II. The first kappa shape index (κ1) is 13.4. The molecular weight excluding hydrogens is 390 g/mol. The molecule has 13 heavy (non-hydrogen) atoms. The Morgan fingerprint density at radius 2 is 1.46 bits per heavy atom. The molecule has 1 aromatic rings. The van der Waals surface area contributed by atoms with E-state index < -0.39 is 0 Å². The minimum absolute atomic E-state index is 0.769. The Balaban J connectivity index is 0.000000671. The second-order valence-electron chi connectivity index (χ2n) is 2.90. The van der Waals surface area contributed by atoms with Crippen LogP contribution in [0.15, 0.2) is 12.1 Å². The highest BCUT2D eigenvalue weighted by Gasteiger charge is 1.98. The quantitative estimate of drug-likeness (QED) is 0.509. The Morgan fingerprint density at radius 1 is 1.08 bits per heavy atom. The van der Waals surface area contributed by atoms with E-state index in [1.807, 2.05) is 26.0 Å². The predicted molar refractivity (Wildman–Crippen MR) is 74.1 cm³/mol. The average molecular weight is 402 g/mol. The maximum absolute atomic E-state index is 10.4. The Bertz CT molecular complexity index is 272. The number of halogens is 2. The molecule has 0 saturated carbocycles. The van der Waals surface area contributed by atoms with Gasteiger partial charge in [-0.3, -0.25) is 4.79 Å². The molecule has 0 aliphatic rings. The zero-order chi connectivity index (χ0) is 10.4. The predicted octanol–water partition coefficient (Wildman–Crippen LogP) is 4.20. The minimum Gasteiger partial charge on any atom is -0.298 e. The van der Waals surface area contributed by atoms with Crippen LogP contribution in [0.1, 0.15) is 27.0 Å². The van der Waals surface area contributed by atoms with Crippen LogP contribution in [0.5, 0.6) is 0 Å². The van der Waals surface area contributed by atoms with Gasteiger partial charge in [-0.05, 0) is 49.6 Å². The van der Waals surface area contributed by atoms with Gasteiger partial charge < -0.3 is 0 Å². The van der Waals surface area contributed by atoms with Crippen molar-refractivity contribution in [1.82, 2.24) is 0 Å². The lowest BCUT2D eigenvalue weighted by Gasteiger charge is -2.04. The van der Waals surface area contributed by atoms with Crippen molar-refractivity contribution in [2.75, 3.05) is 0 Å². The van der Waals surface area contributed by atoms with Crippen molar-refractivity contribution in [3.63, 3.8) is 0 Å². The normalized spacial score (nSPS) is 8.69. The summed E-state index contributed by atoms with van der Waals surface area (Å²) in [5.41, 5.74) is 4.42. The fourth-order valence-corrected chi connectivity index (χ4v) is 1.14. The van der Waals surface area contributed by atoms with Crippen LogP contribution in [-0.2, 0) is 0 Å². The molecule has 0 saturated heterocycles. The van der Waals surface area contributed by atoms with Crippen molar-refractivity contribution in [2.24, 2.45) is 0 Å². The van der Waals surface area contributed by atoms with E-state index in [9.17, 15) is 4.79 Å². The molecule has 3 heteroatoms. The van der Waals surface area contributed by atoms with Crippen molar-refractivity contribution in [1.29, 1.82) is 0 Å². The van der Waals surface area contributed by atoms with Crippen LogP contribution in [0, 0.1) is 20.8 Å². The van der Waals surface area contributed by atoms with Crippen LogP contribution >= 0.6 is 37.2 Å². The third-order valence-electron chi connectivity index (χ3n) is 2.09. The van der Waals surface area contributed by atoms with E-state index in [0.29, 0.717) is 0 Å². The molecule has 0 aromatic heterocycles. The molecule has 72 valence electrons. The molecule has 1 aromatic carbocycles. The fourth-order valence-electron chi connectivity index (χ4n) is 1.14. The van der Waals surface area contributed by atoms with Crippen molar-refractivity contribution in [3.05, 3.63) is 34.4 Å². The molecule has 0 N–H and O–H groups in total. The average Bonchev–Trinajstić information content (AvgIpc) is 2.16. The number of hydrogen-bond acceptors (Lipinski definition) is 1. The number of carbonyl (C=O) groups excluding carboxylic acids is 1. The first-order chi connectivity index (χ1) is 6.15. The van der Waals surface area contributed by atoms with Gasteiger partial charge in [0.25, 0.3) is 0 Å². The number of rotatable bonds is 1.